The summed E-state index contributed by atoms with van der Waals surface area (Å²) in [6.07, 6.45) is 0. The van der Waals surface area contributed by atoms with Crippen molar-refractivity contribution in [3.8, 4) is 11.5 Å². The minimum Gasteiger partial charge on any atom is -0.497 e. The number of hydrogen-bond acceptors (Lipinski definition) is 4. The zero-order chi connectivity index (χ0) is 19.1. The molecule has 0 saturated heterocycles. The van der Waals surface area contributed by atoms with Crippen LogP contribution < -0.4 is 14.8 Å². The first-order valence-electron chi connectivity index (χ1n) is 8.26. The summed E-state index contributed by atoms with van der Waals surface area (Å²) in [6, 6.07) is 12.9. The molecular formula is C20H24N2O4. The van der Waals surface area contributed by atoms with E-state index in [1.165, 1.54) is 18.9 Å². The Morgan fingerprint density at radius 2 is 1.81 bits per heavy atom. The van der Waals surface area contributed by atoms with E-state index in [-0.39, 0.29) is 18.4 Å². The van der Waals surface area contributed by atoms with Crippen molar-refractivity contribution in [1.82, 2.24) is 4.90 Å². The Morgan fingerprint density at radius 1 is 1.08 bits per heavy atom. The van der Waals surface area contributed by atoms with Crippen molar-refractivity contribution in [1.29, 1.82) is 0 Å². The maximum absolute atomic E-state index is 12.5. The molecule has 26 heavy (non-hydrogen) atoms. The summed E-state index contributed by atoms with van der Waals surface area (Å²) in [5.41, 5.74) is 2.58. The van der Waals surface area contributed by atoms with Crippen LogP contribution in [0.5, 0.6) is 11.5 Å². The van der Waals surface area contributed by atoms with E-state index in [0.717, 1.165) is 11.1 Å². The van der Waals surface area contributed by atoms with Crippen LogP contribution in [0.4, 0.5) is 5.69 Å². The maximum Gasteiger partial charge on any atom is 0.244 e. The monoisotopic (exact) mass is 356 g/mol. The van der Waals surface area contributed by atoms with E-state index in [1.807, 2.05) is 31.2 Å². The van der Waals surface area contributed by atoms with E-state index in [9.17, 15) is 9.59 Å². The second-order valence-corrected chi connectivity index (χ2v) is 5.92. The van der Waals surface area contributed by atoms with Crippen molar-refractivity contribution >= 4 is 17.5 Å². The smallest absolute Gasteiger partial charge is 0.244 e. The molecule has 2 aromatic carbocycles. The molecule has 0 fully saturated rings. The van der Waals surface area contributed by atoms with E-state index in [1.54, 1.807) is 25.3 Å². The normalized spacial score (nSPS) is 10.2. The highest BCUT2D eigenvalue weighted by molar-refractivity contribution is 5.95. The van der Waals surface area contributed by atoms with Crippen LogP contribution >= 0.6 is 0 Å². The largest absolute Gasteiger partial charge is 0.497 e. The number of carbonyl (C=O) groups is 2. The number of aryl methyl sites for hydroxylation is 1. The summed E-state index contributed by atoms with van der Waals surface area (Å²) in [6.45, 7) is 3.77. The Labute approximate surface area is 153 Å². The highest BCUT2D eigenvalue weighted by Gasteiger charge is 2.16. The van der Waals surface area contributed by atoms with Gasteiger partial charge in [0.05, 0.1) is 19.9 Å². The van der Waals surface area contributed by atoms with E-state index < -0.39 is 0 Å². The van der Waals surface area contributed by atoms with Crippen LogP contribution in [0.2, 0.25) is 0 Å². The molecule has 0 aliphatic heterocycles. The lowest BCUT2D eigenvalue weighted by Gasteiger charge is -2.22. The summed E-state index contributed by atoms with van der Waals surface area (Å²) in [5, 5.41) is 2.78. The third-order valence-electron chi connectivity index (χ3n) is 4.08. The van der Waals surface area contributed by atoms with Crippen molar-refractivity contribution in [2.24, 2.45) is 0 Å². The lowest BCUT2D eigenvalue weighted by atomic mass is 10.1. The fraction of sp³-hybridized carbons (Fsp3) is 0.300. The molecule has 6 heteroatoms. The molecule has 6 nitrogen and oxygen atoms in total. The van der Waals surface area contributed by atoms with Gasteiger partial charge in [-0.05, 0) is 30.2 Å². The van der Waals surface area contributed by atoms with Gasteiger partial charge in [0.2, 0.25) is 11.8 Å². The summed E-state index contributed by atoms with van der Waals surface area (Å²) >= 11 is 0. The Bertz CT molecular complexity index is 789. The van der Waals surface area contributed by atoms with Gasteiger partial charge in [-0.2, -0.15) is 0 Å². The van der Waals surface area contributed by atoms with E-state index >= 15 is 0 Å². The quantitative estimate of drug-likeness (QED) is 0.828. The second kappa shape index (κ2) is 8.89. The average molecular weight is 356 g/mol. The van der Waals surface area contributed by atoms with Crippen LogP contribution in [0.3, 0.4) is 0 Å². The number of ether oxygens (including phenoxy) is 2. The van der Waals surface area contributed by atoms with Crippen molar-refractivity contribution < 1.29 is 19.1 Å². The molecule has 0 spiro atoms. The molecule has 0 atom stereocenters. The first-order chi connectivity index (χ1) is 12.4. The molecule has 2 amide bonds. The van der Waals surface area contributed by atoms with Gasteiger partial charge in [0.15, 0.2) is 0 Å². The molecule has 0 heterocycles. The third-order valence-corrected chi connectivity index (χ3v) is 4.08. The summed E-state index contributed by atoms with van der Waals surface area (Å²) in [4.78, 5) is 25.9. The Hall–Kier alpha value is -3.02. The van der Waals surface area contributed by atoms with Crippen LogP contribution in [0.25, 0.3) is 0 Å². The SMILES string of the molecule is COc1ccc(OC)c(NC(=O)CN(Cc2ccccc2C)C(C)=O)c1. The lowest BCUT2D eigenvalue weighted by molar-refractivity contribution is -0.133. The van der Waals surface area contributed by atoms with E-state index in [0.29, 0.717) is 23.7 Å². The number of amides is 2. The number of rotatable bonds is 7. The van der Waals surface area contributed by atoms with Crippen LogP contribution in [-0.2, 0) is 16.1 Å². The average Bonchev–Trinajstić information content (AvgIpc) is 2.62. The highest BCUT2D eigenvalue weighted by Crippen LogP contribution is 2.28. The predicted molar refractivity (Wildman–Crippen MR) is 100 cm³/mol. The highest BCUT2D eigenvalue weighted by atomic mass is 16.5. The van der Waals surface area contributed by atoms with Gasteiger partial charge >= 0.3 is 0 Å². The Morgan fingerprint density at radius 3 is 2.42 bits per heavy atom. The Kier molecular flexibility index (Phi) is 6.60. The minimum atomic E-state index is -0.305. The van der Waals surface area contributed by atoms with Gasteiger partial charge < -0.3 is 19.7 Å². The molecule has 0 aliphatic rings. The predicted octanol–water partition coefficient (Wildman–Crippen LogP) is 3.00. The van der Waals surface area contributed by atoms with Crippen LogP contribution in [0.15, 0.2) is 42.5 Å². The molecule has 138 valence electrons. The summed E-state index contributed by atoms with van der Waals surface area (Å²) in [7, 11) is 3.07. The maximum atomic E-state index is 12.5. The van der Waals surface area contributed by atoms with E-state index in [4.69, 9.17) is 9.47 Å². The van der Waals surface area contributed by atoms with Crippen LogP contribution in [0, 0.1) is 6.92 Å². The zero-order valence-electron chi connectivity index (χ0n) is 15.5. The van der Waals surface area contributed by atoms with Gasteiger partial charge in [0, 0.05) is 19.5 Å². The summed E-state index contributed by atoms with van der Waals surface area (Å²) in [5.74, 6) is 0.651. The Balaban J connectivity index is 2.11. The van der Waals surface area contributed by atoms with Gasteiger partial charge in [-0.25, -0.2) is 0 Å². The third kappa shape index (κ3) is 4.99. The van der Waals surface area contributed by atoms with Gasteiger partial charge in [0.25, 0.3) is 0 Å². The van der Waals surface area contributed by atoms with Gasteiger partial charge in [-0.15, -0.1) is 0 Å². The number of nitrogens with one attached hydrogen (secondary N) is 1. The molecule has 0 radical (unpaired) electrons. The second-order valence-electron chi connectivity index (χ2n) is 5.92. The van der Waals surface area contributed by atoms with Gasteiger partial charge in [0.1, 0.15) is 18.0 Å². The van der Waals surface area contributed by atoms with Crippen LogP contribution in [0.1, 0.15) is 18.1 Å². The van der Waals surface area contributed by atoms with Crippen molar-refractivity contribution in [2.45, 2.75) is 20.4 Å². The topological polar surface area (TPSA) is 67.9 Å². The fourth-order valence-electron chi connectivity index (χ4n) is 2.55. The molecule has 0 bridgehead atoms. The minimum absolute atomic E-state index is 0.0516. The van der Waals surface area contributed by atoms with Crippen molar-refractivity contribution in [3.63, 3.8) is 0 Å². The standard InChI is InChI=1S/C20H24N2O4/c1-14-7-5-6-8-16(14)12-22(15(2)23)13-20(24)21-18-11-17(25-3)9-10-19(18)26-4/h5-11H,12-13H2,1-4H3,(H,21,24). The molecule has 0 unspecified atom stereocenters. The molecule has 2 rings (SSSR count). The molecule has 0 saturated carbocycles. The number of anilines is 1. The molecule has 0 aromatic heterocycles. The molecule has 1 N–H and O–H groups in total. The van der Waals surface area contributed by atoms with Crippen molar-refractivity contribution in [2.75, 3.05) is 26.1 Å². The number of hydrogen-bond donors (Lipinski definition) is 1. The molecular weight excluding hydrogens is 332 g/mol. The molecule has 0 aliphatic carbocycles. The first kappa shape index (κ1) is 19.3. The lowest BCUT2D eigenvalue weighted by Crippen LogP contribution is -2.36. The number of carbonyl (C=O) groups excluding carboxylic acids is 2. The van der Waals surface area contributed by atoms with E-state index in [2.05, 4.69) is 5.32 Å². The zero-order valence-corrected chi connectivity index (χ0v) is 15.5. The summed E-state index contributed by atoms with van der Waals surface area (Å²) < 4.78 is 10.4. The molecule has 2 aromatic rings. The van der Waals surface area contributed by atoms with Crippen LogP contribution in [-0.4, -0.2) is 37.5 Å². The van der Waals surface area contributed by atoms with Crippen molar-refractivity contribution in [3.05, 3.63) is 53.6 Å². The number of nitrogens with zero attached hydrogens (tertiary/aromatic N) is 1. The fourth-order valence-corrected chi connectivity index (χ4v) is 2.55. The number of benzene rings is 2. The first-order valence-corrected chi connectivity index (χ1v) is 8.26. The van der Waals surface area contributed by atoms with Gasteiger partial charge in [-0.1, -0.05) is 24.3 Å². The number of methoxy groups -OCH3 is 2. The van der Waals surface area contributed by atoms with Gasteiger partial charge in [-0.3, -0.25) is 9.59 Å².